The second kappa shape index (κ2) is 5.57. The van der Waals surface area contributed by atoms with E-state index in [1.54, 1.807) is 32.9 Å². The second-order valence-electron chi connectivity index (χ2n) is 6.11. The largest absolute Gasteiger partial charge is 0.444 e. The lowest BCUT2D eigenvalue weighted by atomic mass is 9.93. The maximum Gasteiger partial charge on any atom is 0.411 e. The quantitative estimate of drug-likeness (QED) is 0.743. The van der Waals surface area contributed by atoms with Crippen molar-refractivity contribution in [3.05, 3.63) is 34.9 Å². The molecular formula is C16H18N2O3. The van der Waals surface area contributed by atoms with Crippen molar-refractivity contribution < 1.29 is 14.3 Å². The highest BCUT2D eigenvalue weighted by Gasteiger charge is 2.32. The van der Waals surface area contributed by atoms with E-state index in [4.69, 9.17) is 10.00 Å². The summed E-state index contributed by atoms with van der Waals surface area (Å²) in [5.74, 6) is 0. The molecule has 1 aliphatic heterocycles. The van der Waals surface area contributed by atoms with Crippen LogP contribution in [0.25, 0.3) is 0 Å². The van der Waals surface area contributed by atoms with Crippen LogP contribution in [0.1, 0.15) is 37.5 Å². The molecule has 0 aromatic heterocycles. The first kappa shape index (κ1) is 15.0. The van der Waals surface area contributed by atoms with Gasteiger partial charge in [-0.05, 0) is 44.0 Å². The number of aldehydes is 1. The molecule has 1 unspecified atom stereocenters. The van der Waals surface area contributed by atoms with Crippen LogP contribution in [-0.4, -0.2) is 28.9 Å². The summed E-state index contributed by atoms with van der Waals surface area (Å²) in [7, 11) is 0. The minimum absolute atomic E-state index is 0.281. The lowest BCUT2D eigenvalue weighted by Crippen LogP contribution is -2.47. The van der Waals surface area contributed by atoms with E-state index in [0.29, 0.717) is 12.0 Å². The average molecular weight is 286 g/mol. The number of hydrogen-bond donors (Lipinski definition) is 0. The maximum absolute atomic E-state index is 12.2. The van der Waals surface area contributed by atoms with Crippen molar-refractivity contribution in [3.8, 4) is 6.07 Å². The van der Waals surface area contributed by atoms with Gasteiger partial charge in [-0.1, -0.05) is 6.07 Å². The highest BCUT2D eigenvalue weighted by atomic mass is 16.6. The molecule has 0 saturated carbocycles. The van der Waals surface area contributed by atoms with Gasteiger partial charge in [-0.25, -0.2) is 4.79 Å². The van der Waals surface area contributed by atoms with Gasteiger partial charge in [0.05, 0.1) is 24.2 Å². The van der Waals surface area contributed by atoms with Gasteiger partial charge < -0.3 is 9.53 Å². The molecule has 110 valence electrons. The molecule has 1 atom stereocenters. The highest BCUT2D eigenvalue weighted by molar-refractivity contribution is 5.75. The van der Waals surface area contributed by atoms with Gasteiger partial charge in [0.1, 0.15) is 11.9 Å². The third-order valence-corrected chi connectivity index (χ3v) is 3.29. The molecule has 0 bridgehead atoms. The van der Waals surface area contributed by atoms with E-state index in [1.165, 1.54) is 4.90 Å². The first-order chi connectivity index (χ1) is 9.84. The van der Waals surface area contributed by atoms with E-state index in [2.05, 4.69) is 6.07 Å². The van der Waals surface area contributed by atoms with Gasteiger partial charge in [0.2, 0.25) is 0 Å². The molecule has 2 rings (SSSR count). The van der Waals surface area contributed by atoms with E-state index in [1.807, 2.05) is 6.07 Å². The Morgan fingerprint density at radius 2 is 2.14 bits per heavy atom. The number of nitriles is 1. The van der Waals surface area contributed by atoms with Crippen LogP contribution in [0.4, 0.5) is 4.79 Å². The summed E-state index contributed by atoms with van der Waals surface area (Å²) >= 11 is 0. The van der Waals surface area contributed by atoms with Gasteiger partial charge in [0.15, 0.2) is 0 Å². The Morgan fingerprint density at radius 3 is 2.71 bits per heavy atom. The molecule has 1 aliphatic rings. The SMILES string of the molecule is CC(C)(C)OC(=O)N1Cc2cc(C#N)ccc2CC1C=O. The van der Waals surface area contributed by atoms with Gasteiger partial charge in [0, 0.05) is 6.42 Å². The van der Waals surface area contributed by atoms with Crippen LogP contribution in [-0.2, 0) is 22.5 Å². The molecule has 1 aromatic carbocycles. The monoisotopic (exact) mass is 286 g/mol. The average Bonchev–Trinajstić information content (AvgIpc) is 2.43. The molecule has 1 heterocycles. The lowest BCUT2D eigenvalue weighted by molar-refractivity contribution is -0.113. The highest BCUT2D eigenvalue weighted by Crippen LogP contribution is 2.25. The first-order valence-electron chi connectivity index (χ1n) is 6.81. The fourth-order valence-corrected chi connectivity index (χ4v) is 2.32. The number of nitrogens with zero attached hydrogens (tertiary/aromatic N) is 2. The molecule has 5 nitrogen and oxygen atoms in total. The normalized spacial score (nSPS) is 17.6. The predicted molar refractivity (Wildman–Crippen MR) is 76.5 cm³/mol. The Balaban J connectivity index is 2.28. The molecule has 0 N–H and O–H groups in total. The number of ether oxygens (including phenoxy) is 1. The van der Waals surface area contributed by atoms with Crippen molar-refractivity contribution in [2.75, 3.05) is 0 Å². The number of carbonyl (C=O) groups is 2. The Morgan fingerprint density at radius 1 is 1.43 bits per heavy atom. The summed E-state index contributed by atoms with van der Waals surface area (Å²) in [6.07, 6.45) is 0.710. The zero-order chi connectivity index (χ0) is 15.6. The van der Waals surface area contributed by atoms with E-state index in [0.717, 1.165) is 17.4 Å². The lowest BCUT2D eigenvalue weighted by Gasteiger charge is -2.35. The summed E-state index contributed by atoms with van der Waals surface area (Å²) in [4.78, 5) is 24.9. The third kappa shape index (κ3) is 3.40. The molecule has 5 heteroatoms. The summed E-state index contributed by atoms with van der Waals surface area (Å²) < 4.78 is 5.34. The Labute approximate surface area is 124 Å². The first-order valence-corrected chi connectivity index (χ1v) is 6.81. The minimum atomic E-state index is -0.612. The minimum Gasteiger partial charge on any atom is -0.444 e. The standard InChI is InChI=1S/C16H18N2O3/c1-16(2,3)21-15(20)18-9-13-6-11(8-17)4-5-12(13)7-14(18)10-19/h4-6,10,14H,7,9H2,1-3H3. The third-order valence-electron chi connectivity index (χ3n) is 3.29. The van der Waals surface area contributed by atoms with Crippen LogP contribution in [0.15, 0.2) is 18.2 Å². The van der Waals surface area contributed by atoms with Crippen LogP contribution < -0.4 is 0 Å². The topological polar surface area (TPSA) is 70.4 Å². The van der Waals surface area contributed by atoms with Crippen LogP contribution in [0.2, 0.25) is 0 Å². The Kier molecular flexibility index (Phi) is 3.99. The molecule has 1 aromatic rings. The fourth-order valence-electron chi connectivity index (χ4n) is 2.32. The number of amides is 1. The van der Waals surface area contributed by atoms with Crippen molar-refractivity contribution in [2.24, 2.45) is 0 Å². The van der Waals surface area contributed by atoms with Crippen LogP contribution in [0, 0.1) is 11.3 Å². The van der Waals surface area contributed by atoms with Gasteiger partial charge in [0.25, 0.3) is 0 Å². The number of benzene rings is 1. The van der Waals surface area contributed by atoms with Gasteiger partial charge >= 0.3 is 6.09 Å². The second-order valence-corrected chi connectivity index (χ2v) is 6.11. The predicted octanol–water partition coefficient (Wildman–Crippen LogP) is 2.42. The van der Waals surface area contributed by atoms with Crippen molar-refractivity contribution in [1.29, 1.82) is 5.26 Å². The molecule has 0 saturated heterocycles. The molecule has 21 heavy (non-hydrogen) atoms. The summed E-state index contributed by atoms with van der Waals surface area (Å²) in [6.45, 7) is 5.63. The van der Waals surface area contributed by atoms with Crippen molar-refractivity contribution in [3.63, 3.8) is 0 Å². The molecule has 0 fully saturated rings. The number of hydrogen-bond acceptors (Lipinski definition) is 4. The van der Waals surface area contributed by atoms with Gasteiger partial charge in [-0.3, -0.25) is 4.90 Å². The van der Waals surface area contributed by atoms with Crippen molar-refractivity contribution in [1.82, 2.24) is 4.90 Å². The van der Waals surface area contributed by atoms with Crippen LogP contribution in [0.3, 0.4) is 0 Å². The number of carbonyl (C=O) groups excluding carboxylic acids is 2. The van der Waals surface area contributed by atoms with Gasteiger partial charge in [-0.2, -0.15) is 5.26 Å². The molecule has 0 aliphatic carbocycles. The zero-order valence-corrected chi connectivity index (χ0v) is 12.4. The summed E-state index contributed by atoms with van der Waals surface area (Å²) in [5, 5.41) is 8.95. The van der Waals surface area contributed by atoms with E-state index < -0.39 is 17.7 Å². The van der Waals surface area contributed by atoms with Crippen LogP contribution >= 0.6 is 0 Å². The Hall–Kier alpha value is -2.35. The zero-order valence-electron chi connectivity index (χ0n) is 12.4. The molecule has 0 spiro atoms. The fraction of sp³-hybridized carbons (Fsp3) is 0.438. The molecule has 1 amide bonds. The smallest absolute Gasteiger partial charge is 0.411 e. The van der Waals surface area contributed by atoms with E-state index in [-0.39, 0.29) is 6.54 Å². The van der Waals surface area contributed by atoms with Crippen molar-refractivity contribution >= 4 is 12.4 Å². The summed E-state index contributed by atoms with van der Waals surface area (Å²) in [5.41, 5.74) is 1.81. The van der Waals surface area contributed by atoms with E-state index >= 15 is 0 Å². The molecule has 0 radical (unpaired) electrons. The summed E-state index contributed by atoms with van der Waals surface area (Å²) in [6, 6.07) is 6.88. The maximum atomic E-state index is 12.2. The van der Waals surface area contributed by atoms with Crippen LogP contribution in [0.5, 0.6) is 0 Å². The Bertz CT molecular complexity index is 611. The molecular weight excluding hydrogens is 268 g/mol. The number of fused-ring (bicyclic) bond motifs is 1. The van der Waals surface area contributed by atoms with Gasteiger partial charge in [-0.15, -0.1) is 0 Å². The van der Waals surface area contributed by atoms with E-state index in [9.17, 15) is 9.59 Å². The number of rotatable bonds is 1. The van der Waals surface area contributed by atoms with Crippen molar-refractivity contribution in [2.45, 2.75) is 45.4 Å².